The summed E-state index contributed by atoms with van der Waals surface area (Å²) in [6, 6.07) is -0.133. The number of carbonyl (C=O) groups excluding carboxylic acids is 1. The minimum atomic E-state index is -0.505. The summed E-state index contributed by atoms with van der Waals surface area (Å²) in [5, 5.41) is 3.38. The molecule has 0 aliphatic carbocycles. The number of esters is 1. The van der Waals surface area contributed by atoms with Gasteiger partial charge in [-0.2, -0.15) is 0 Å². The van der Waals surface area contributed by atoms with Gasteiger partial charge in [-0.05, 0) is 46.6 Å². The summed E-state index contributed by atoms with van der Waals surface area (Å²) in [5.74, 6) is -0.292. The van der Waals surface area contributed by atoms with Gasteiger partial charge in [-0.15, -0.1) is 0 Å². The Labute approximate surface area is 97.9 Å². The van der Waals surface area contributed by atoms with Crippen molar-refractivity contribution in [3.63, 3.8) is 0 Å². The van der Waals surface area contributed by atoms with Crippen LogP contribution in [-0.4, -0.2) is 30.2 Å². The number of nitrogens with two attached hydrogens (primary N) is 1. The molecule has 1 aliphatic rings. The zero-order valence-corrected chi connectivity index (χ0v) is 10.6. The SMILES string of the molecule is CC(C)(C)OC(=O)[C@H](N)C[C@@H]1CCCCN1. The average Bonchev–Trinajstić information content (AvgIpc) is 2.16. The zero-order chi connectivity index (χ0) is 12.2. The largest absolute Gasteiger partial charge is 0.459 e. The van der Waals surface area contributed by atoms with Crippen LogP contribution in [0.5, 0.6) is 0 Å². The lowest BCUT2D eigenvalue weighted by atomic mass is 9.98. The monoisotopic (exact) mass is 228 g/mol. The van der Waals surface area contributed by atoms with E-state index in [9.17, 15) is 4.79 Å². The van der Waals surface area contributed by atoms with Crippen LogP contribution >= 0.6 is 0 Å². The standard InChI is InChI=1S/C12H24N2O2/c1-12(2,3)16-11(15)10(13)8-9-6-4-5-7-14-9/h9-10,14H,4-8,13H2,1-3H3/t9-,10+/m0/s1. The van der Waals surface area contributed by atoms with Gasteiger partial charge >= 0.3 is 5.97 Å². The van der Waals surface area contributed by atoms with Crippen molar-refractivity contribution in [1.29, 1.82) is 0 Å². The summed E-state index contributed by atoms with van der Waals surface area (Å²) < 4.78 is 5.25. The minimum absolute atomic E-state index is 0.292. The van der Waals surface area contributed by atoms with Crippen LogP contribution in [0.1, 0.15) is 46.5 Å². The fourth-order valence-electron chi connectivity index (χ4n) is 1.91. The third kappa shape index (κ3) is 4.94. The van der Waals surface area contributed by atoms with Crippen LogP contribution in [0.4, 0.5) is 0 Å². The van der Waals surface area contributed by atoms with E-state index in [1.807, 2.05) is 20.8 Å². The van der Waals surface area contributed by atoms with Gasteiger partial charge in [0.1, 0.15) is 11.6 Å². The summed E-state index contributed by atoms with van der Waals surface area (Å²) >= 11 is 0. The van der Waals surface area contributed by atoms with E-state index in [1.54, 1.807) is 0 Å². The highest BCUT2D eigenvalue weighted by atomic mass is 16.6. The molecule has 2 atom stereocenters. The predicted octanol–water partition coefficient (Wildman–Crippen LogP) is 1.19. The molecule has 1 saturated heterocycles. The Bertz CT molecular complexity index is 230. The van der Waals surface area contributed by atoms with Crippen LogP contribution in [0.15, 0.2) is 0 Å². The lowest BCUT2D eigenvalue weighted by Gasteiger charge is -2.27. The van der Waals surface area contributed by atoms with Crippen molar-refractivity contribution in [2.75, 3.05) is 6.54 Å². The number of rotatable bonds is 3. The topological polar surface area (TPSA) is 64.3 Å². The Morgan fingerprint density at radius 1 is 1.50 bits per heavy atom. The first-order chi connectivity index (χ1) is 7.38. The van der Waals surface area contributed by atoms with Gasteiger partial charge in [0.05, 0.1) is 0 Å². The molecule has 1 aliphatic heterocycles. The molecule has 4 nitrogen and oxygen atoms in total. The molecule has 1 fully saturated rings. The molecule has 0 saturated carbocycles. The van der Waals surface area contributed by atoms with E-state index in [0.29, 0.717) is 12.5 Å². The van der Waals surface area contributed by atoms with Gasteiger partial charge in [-0.25, -0.2) is 0 Å². The van der Waals surface area contributed by atoms with Crippen molar-refractivity contribution >= 4 is 5.97 Å². The second kappa shape index (κ2) is 5.64. The lowest BCUT2D eigenvalue weighted by Crippen LogP contribution is -2.44. The normalized spacial score (nSPS) is 23.9. The summed E-state index contributed by atoms with van der Waals surface area (Å²) in [6.45, 7) is 6.61. The maximum absolute atomic E-state index is 11.7. The van der Waals surface area contributed by atoms with Gasteiger partial charge in [-0.3, -0.25) is 4.79 Å². The van der Waals surface area contributed by atoms with Crippen LogP contribution in [0.25, 0.3) is 0 Å². The Balaban J connectivity index is 2.33. The molecule has 3 N–H and O–H groups in total. The fourth-order valence-corrected chi connectivity index (χ4v) is 1.91. The molecule has 0 amide bonds. The summed E-state index contributed by atoms with van der Waals surface area (Å²) in [4.78, 5) is 11.7. The highest BCUT2D eigenvalue weighted by Gasteiger charge is 2.25. The first kappa shape index (κ1) is 13.5. The number of piperidine rings is 1. The molecule has 0 aromatic carbocycles. The number of nitrogens with one attached hydrogen (secondary N) is 1. The smallest absolute Gasteiger partial charge is 0.323 e. The molecular formula is C12H24N2O2. The molecule has 0 unspecified atom stereocenters. The van der Waals surface area contributed by atoms with Gasteiger partial charge in [0.2, 0.25) is 0 Å². The van der Waals surface area contributed by atoms with Gasteiger partial charge in [0, 0.05) is 6.04 Å². The van der Waals surface area contributed by atoms with Crippen molar-refractivity contribution in [1.82, 2.24) is 5.32 Å². The summed E-state index contributed by atoms with van der Waals surface area (Å²) in [7, 11) is 0. The molecule has 0 spiro atoms. The van der Waals surface area contributed by atoms with Crippen molar-refractivity contribution in [3.8, 4) is 0 Å². The van der Waals surface area contributed by atoms with Gasteiger partial charge in [0.15, 0.2) is 0 Å². The van der Waals surface area contributed by atoms with Crippen LogP contribution in [-0.2, 0) is 9.53 Å². The van der Waals surface area contributed by atoms with Crippen molar-refractivity contribution < 1.29 is 9.53 Å². The Kier molecular flexibility index (Phi) is 4.74. The molecule has 1 rings (SSSR count). The average molecular weight is 228 g/mol. The molecule has 0 bridgehead atoms. The van der Waals surface area contributed by atoms with E-state index >= 15 is 0 Å². The predicted molar refractivity (Wildman–Crippen MR) is 64.1 cm³/mol. The Morgan fingerprint density at radius 3 is 2.69 bits per heavy atom. The first-order valence-electron chi connectivity index (χ1n) is 6.10. The molecule has 94 valence electrons. The van der Waals surface area contributed by atoms with Crippen molar-refractivity contribution in [2.45, 2.75) is 64.1 Å². The van der Waals surface area contributed by atoms with Crippen LogP contribution in [0.2, 0.25) is 0 Å². The van der Waals surface area contributed by atoms with E-state index in [-0.39, 0.29) is 5.97 Å². The van der Waals surface area contributed by atoms with E-state index in [4.69, 9.17) is 10.5 Å². The second-order valence-electron chi connectivity index (χ2n) is 5.52. The third-order valence-corrected chi connectivity index (χ3v) is 2.66. The third-order valence-electron chi connectivity index (χ3n) is 2.66. The van der Waals surface area contributed by atoms with Crippen LogP contribution in [0, 0.1) is 0 Å². The lowest BCUT2D eigenvalue weighted by molar-refractivity contribution is -0.156. The van der Waals surface area contributed by atoms with E-state index in [2.05, 4.69) is 5.32 Å². The quantitative estimate of drug-likeness (QED) is 0.712. The minimum Gasteiger partial charge on any atom is -0.459 e. The summed E-state index contributed by atoms with van der Waals surface area (Å²) in [6.07, 6.45) is 4.22. The maximum atomic E-state index is 11.7. The fraction of sp³-hybridized carbons (Fsp3) is 0.917. The van der Waals surface area contributed by atoms with Crippen molar-refractivity contribution in [2.24, 2.45) is 5.73 Å². The molecule has 4 heteroatoms. The zero-order valence-electron chi connectivity index (χ0n) is 10.6. The highest BCUT2D eigenvalue weighted by molar-refractivity contribution is 5.75. The Morgan fingerprint density at radius 2 is 2.19 bits per heavy atom. The number of hydrogen-bond donors (Lipinski definition) is 2. The number of ether oxygens (including phenoxy) is 1. The van der Waals surface area contributed by atoms with Crippen LogP contribution < -0.4 is 11.1 Å². The van der Waals surface area contributed by atoms with Crippen LogP contribution in [0.3, 0.4) is 0 Å². The molecule has 16 heavy (non-hydrogen) atoms. The van der Waals surface area contributed by atoms with Crippen molar-refractivity contribution in [3.05, 3.63) is 0 Å². The van der Waals surface area contributed by atoms with E-state index in [1.165, 1.54) is 12.8 Å². The molecule has 0 aromatic rings. The van der Waals surface area contributed by atoms with Gasteiger partial charge in [-0.1, -0.05) is 6.42 Å². The van der Waals surface area contributed by atoms with Gasteiger partial charge < -0.3 is 15.8 Å². The van der Waals surface area contributed by atoms with E-state index < -0.39 is 11.6 Å². The summed E-state index contributed by atoms with van der Waals surface area (Å²) in [5.41, 5.74) is 5.39. The first-order valence-corrected chi connectivity index (χ1v) is 6.10. The van der Waals surface area contributed by atoms with E-state index in [0.717, 1.165) is 13.0 Å². The molecular weight excluding hydrogens is 204 g/mol. The highest BCUT2D eigenvalue weighted by Crippen LogP contribution is 2.14. The number of carbonyl (C=O) groups is 1. The van der Waals surface area contributed by atoms with Gasteiger partial charge in [0.25, 0.3) is 0 Å². The molecule has 0 radical (unpaired) electrons. The molecule has 0 aromatic heterocycles. The molecule has 1 heterocycles. The second-order valence-corrected chi connectivity index (χ2v) is 5.52. The number of hydrogen-bond acceptors (Lipinski definition) is 4. The maximum Gasteiger partial charge on any atom is 0.323 e. The Hall–Kier alpha value is -0.610.